The summed E-state index contributed by atoms with van der Waals surface area (Å²) in [5.41, 5.74) is 1.87. The summed E-state index contributed by atoms with van der Waals surface area (Å²) in [4.78, 5) is 29.0. The highest BCUT2D eigenvalue weighted by atomic mass is 32.2. The summed E-state index contributed by atoms with van der Waals surface area (Å²) in [6.45, 7) is 10.3. The second-order valence-corrected chi connectivity index (χ2v) is 13.2. The predicted molar refractivity (Wildman–Crippen MR) is 162 cm³/mol. The first-order valence-corrected chi connectivity index (χ1v) is 15.2. The fourth-order valence-electron chi connectivity index (χ4n) is 4.50. The van der Waals surface area contributed by atoms with Gasteiger partial charge in [0, 0.05) is 12.1 Å². The van der Waals surface area contributed by atoms with Crippen LogP contribution < -0.4 is 14.4 Å². The minimum Gasteiger partial charge on any atom is -0.495 e. The molecule has 0 saturated carbocycles. The number of amides is 2. The van der Waals surface area contributed by atoms with E-state index in [-0.39, 0.29) is 35.2 Å². The van der Waals surface area contributed by atoms with Gasteiger partial charge in [-0.2, -0.15) is 0 Å². The quantitative estimate of drug-likeness (QED) is 0.321. The number of sulfonamides is 1. The first kappa shape index (κ1) is 32.6. The highest BCUT2D eigenvalue weighted by Crippen LogP contribution is 2.34. The van der Waals surface area contributed by atoms with Crippen molar-refractivity contribution in [1.82, 2.24) is 10.2 Å². The summed E-state index contributed by atoms with van der Waals surface area (Å²) in [6, 6.07) is 16.1. The molecule has 1 N–H and O–H groups in total. The van der Waals surface area contributed by atoms with Crippen LogP contribution in [0.25, 0.3) is 0 Å². The molecule has 0 spiro atoms. The lowest BCUT2D eigenvalue weighted by Crippen LogP contribution is -2.55. The van der Waals surface area contributed by atoms with Crippen molar-refractivity contribution in [2.75, 3.05) is 18.0 Å². The van der Waals surface area contributed by atoms with Crippen LogP contribution in [0, 0.1) is 19.7 Å². The Morgan fingerprint density at radius 2 is 1.55 bits per heavy atom. The summed E-state index contributed by atoms with van der Waals surface area (Å²) in [6.07, 6.45) is 0.271. The minimum absolute atomic E-state index is 0.00654. The maximum atomic E-state index is 14.2. The van der Waals surface area contributed by atoms with E-state index in [4.69, 9.17) is 4.74 Å². The van der Waals surface area contributed by atoms with E-state index in [1.54, 1.807) is 37.3 Å². The Balaban J connectivity index is 2.14. The number of nitrogens with one attached hydrogen (secondary N) is 1. The molecule has 1 atom stereocenters. The zero-order valence-electron chi connectivity index (χ0n) is 25.3. The standard InChI is InChI=1S/C32H40FN3O5S/c1-8-27(31(38)34-32(4,5)6)35(20-24-12-14-25(33)15-13-24)30(37)21-36(28-19-23(3)11-18-29(28)41-7)42(39,40)26-16-9-22(2)10-17-26/h9-19,27H,8,20-21H2,1-7H3,(H,34,38)/t27-/m0/s1. The minimum atomic E-state index is -4.25. The normalized spacial score (nSPS) is 12.4. The van der Waals surface area contributed by atoms with Crippen molar-refractivity contribution < 1.29 is 27.1 Å². The maximum Gasteiger partial charge on any atom is 0.264 e. The smallest absolute Gasteiger partial charge is 0.264 e. The van der Waals surface area contributed by atoms with Gasteiger partial charge in [0.15, 0.2) is 0 Å². The Kier molecular flexibility index (Phi) is 10.4. The Bertz CT molecular complexity index is 1500. The highest BCUT2D eigenvalue weighted by molar-refractivity contribution is 7.92. The summed E-state index contributed by atoms with van der Waals surface area (Å²) < 4.78 is 48.4. The molecular weight excluding hydrogens is 557 g/mol. The van der Waals surface area contributed by atoms with Crippen LogP contribution in [0.15, 0.2) is 71.6 Å². The molecule has 3 aromatic rings. The number of benzene rings is 3. The van der Waals surface area contributed by atoms with Crippen LogP contribution in [0.5, 0.6) is 5.75 Å². The summed E-state index contributed by atoms with van der Waals surface area (Å²) >= 11 is 0. The number of rotatable bonds is 11. The van der Waals surface area contributed by atoms with Crippen molar-refractivity contribution in [1.29, 1.82) is 0 Å². The van der Waals surface area contributed by atoms with Gasteiger partial charge in [-0.3, -0.25) is 13.9 Å². The van der Waals surface area contributed by atoms with Crippen molar-refractivity contribution >= 4 is 27.5 Å². The molecule has 42 heavy (non-hydrogen) atoms. The number of ether oxygens (including phenoxy) is 1. The third kappa shape index (κ3) is 8.09. The molecule has 0 aliphatic carbocycles. The zero-order valence-corrected chi connectivity index (χ0v) is 26.1. The molecule has 0 unspecified atom stereocenters. The largest absolute Gasteiger partial charge is 0.495 e. The van der Waals surface area contributed by atoms with E-state index in [2.05, 4.69) is 5.32 Å². The first-order valence-electron chi connectivity index (χ1n) is 13.8. The van der Waals surface area contributed by atoms with Gasteiger partial charge in [-0.15, -0.1) is 0 Å². The van der Waals surface area contributed by atoms with Crippen LogP contribution in [-0.2, 0) is 26.2 Å². The molecule has 10 heteroatoms. The van der Waals surface area contributed by atoms with Gasteiger partial charge in [0.25, 0.3) is 10.0 Å². The van der Waals surface area contributed by atoms with E-state index in [0.29, 0.717) is 5.56 Å². The molecule has 0 aromatic heterocycles. The summed E-state index contributed by atoms with van der Waals surface area (Å²) in [5, 5.41) is 2.93. The Morgan fingerprint density at radius 3 is 2.10 bits per heavy atom. The maximum absolute atomic E-state index is 14.2. The van der Waals surface area contributed by atoms with E-state index < -0.39 is 39.9 Å². The van der Waals surface area contributed by atoms with Crippen LogP contribution in [0.4, 0.5) is 10.1 Å². The van der Waals surface area contributed by atoms with Crippen LogP contribution in [-0.4, -0.2) is 50.4 Å². The molecule has 8 nitrogen and oxygen atoms in total. The zero-order chi connectivity index (χ0) is 31.2. The number of nitrogens with zero attached hydrogens (tertiary/aromatic N) is 2. The fourth-order valence-corrected chi connectivity index (χ4v) is 5.92. The van der Waals surface area contributed by atoms with Crippen molar-refractivity contribution in [2.45, 2.75) is 71.0 Å². The van der Waals surface area contributed by atoms with Crippen molar-refractivity contribution in [3.63, 3.8) is 0 Å². The third-order valence-corrected chi connectivity index (χ3v) is 8.42. The van der Waals surface area contributed by atoms with Gasteiger partial charge in [-0.1, -0.05) is 42.8 Å². The fraction of sp³-hybridized carbons (Fsp3) is 0.375. The van der Waals surface area contributed by atoms with Crippen LogP contribution in [0.3, 0.4) is 0 Å². The lowest BCUT2D eigenvalue weighted by molar-refractivity contribution is -0.141. The predicted octanol–water partition coefficient (Wildman–Crippen LogP) is 5.37. The molecule has 0 radical (unpaired) electrons. The number of anilines is 1. The van der Waals surface area contributed by atoms with Crippen molar-refractivity contribution in [3.8, 4) is 5.75 Å². The average molecular weight is 598 g/mol. The molecule has 0 aliphatic rings. The number of hydrogen-bond acceptors (Lipinski definition) is 5. The lowest BCUT2D eigenvalue weighted by Gasteiger charge is -2.35. The Morgan fingerprint density at radius 1 is 0.952 bits per heavy atom. The molecule has 0 heterocycles. The molecule has 2 amide bonds. The topological polar surface area (TPSA) is 96.0 Å². The van der Waals surface area contributed by atoms with Crippen molar-refractivity contribution in [2.24, 2.45) is 0 Å². The Labute approximate surface area is 248 Å². The van der Waals surface area contributed by atoms with Gasteiger partial charge >= 0.3 is 0 Å². The van der Waals surface area contributed by atoms with Gasteiger partial charge in [0.2, 0.25) is 11.8 Å². The van der Waals surface area contributed by atoms with Gasteiger partial charge in [-0.05, 0) is 88.6 Å². The second-order valence-electron chi connectivity index (χ2n) is 11.3. The van der Waals surface area contributed by atoms with E-state index in [1.165, 1.54) is 48.4 Å². The number of hydrogen-bond donors (Lipinski definition) is 1. The van der Waals surface area contributed by atoms with Gasteiger partial charge < -0.3 is 15.0 Å². The molecule has 3 aromatic carbocycles. The first-order chi connectivity index (χ1) is 19.7. The van der Waals surface area contributed by atoms with E-state index in [1.807, 2.05) is 34.6 Å². The van der Waals surface area contributed by atoms with E-state index in [0.717, 1.165) is 15.4 Å². The Hall–Kier alpha value is -3.92. The molecule has 0 fully saturated rings. The van der Waals surface area contributed by atoms with E-state index in [9.17, 15) is 22.4 Å². The van der Waals surface area contributed by atoms with Gasteiger partial charge in [0.1, 0.15) is 24.2 Å². The monoisotopic (exact) mass is 597 g/mol. The molecular formula is C32H40FN3O5S. The lowest BCUT2D eigenvalue weighted by atomic mass is 10.1. The molecule has 0 aliphatic heterocycles. The molecule has 226 valence electrons. The van der Waals surface area contributed by atoms with Crippen LogP contribution in [0.2, 0.25) is 0 Å². The van der Waals surface area contributed by atoms with Gasteiger partial charge in [0.05, 0.1) is 17.7 Å². The highest BCUT2D eigenvalue weighted by Gasteiger charge is 2.35. The van der Waals surface area contributed by atoms with Crippen LogP contribution in [0.1, 0.15) is 50.8 Å². The SMILES string of the molecule is CC[C@@H](C(=O)NC(C)(C)C)N(Cc1ccc(F)cc1)C(=O)CN(c1cc(C)ccc1OC)S(=O)(=O)c1ccc(C)cc1. The molecule has 3 rings (SSSR count). The summed E-state index contributed by atoms with van der Waals surface area (Å²) in [5.74, 6) is -1.14. The number of aryl methyl sites for hydroxylation is 2. The third-order valence-electron chi connectivity index (χ3n) is 6.64. The van der Waals surface area contributed by atoms with E-state index >= 15 is 0 Å². The molecule has 0 saturated heterocycles. The average Bonchev–Trinajstić information content (AvgIpc) is 2.91. The number of methoxy groups -OCH3 is 1. The van der Waals surface area contributed by atoms with Crippen LogP contribution >= 0.6 is 0 Å². The second kappa shape index (κ2) is 13.4. The van der Waals surface area contributed by atoms with Gasteiger partial charge in [-0.25, -0.2) is 12.8 Å². The van der Waals surface area contributed by atoms with Crippen molar-refractivity contribution in [3.05, 3.63) is 89.2 Å². The number of carbonyl (C=O) groups is 2. The number of carbonyl (C=O) groups excluding carboxylic acids is 2. The molecule has 0 bridgehead atoms. The number of halogens is 1. The summed E-state index contributed by atoms with van der Waals surface area (Å²) in [7, 11) is -2.83.